The standard InChI is InChI=1S/C24H27NO3/c1-16-7-6-8-17(2)22(16)25-23(26)21-14-13-20(28-21)15-27-19-11-9-18(10-12-19)24(3,4)5/h6-14H,15H2,1-5H3,(H,25,26). The van der Waals surface area contributed by atoms with Gasteiger partial charge in [0.25, 0.3) is 5.91 Å². The Balaban J connectivity index is 1.62. The van der Waals surface area contributed by atoms with Crippen LogP contribution in [0.3, 0.4) is 0 Å². The number of ether oxygens (including phenoxy) is 1. The van der Waals surface area contributed by atoms with E-state index in [2.05, 4.69) is 38.2 Å². The van der Waals surface area contributed by atoms with Gasteiger partial charge in [0.05, 0.1) is 0 Å². The molecule has 0 aliphatic rings. The van der Waals surface area contributed by atoms with Crippen molar-refractivity contribution in [3.05, 3.63) is 82.8 Å². The van der Waals surface area contributed by atoms with Gasteiger partial charge in [-0.15, -0.1) is 0 Å². The molecule has 1 amide bonds. The number of anilines is 1. The van der Waals surface area contributed by atoms with Crippen LogP contribution in [0.5, 0.6) is 5.75 Å². The Bertz CT molecular complexity index is 942. The second-order valence-electron chi connectivity index (χ2n) is 8.05. The minimum atomic E-state index is -0.266. The first-order chi connectivity index (χ1) is 13.2. The number of hydrogen-bond acceptors (Lipinski definition) is 3. The van der Waals surface area contributed by atoms with Crippen molar-refractivity contribution in [3.63, 3.8) is 0 Å². The van der Waals surface area contributed by atoms with E-state index in [4.69, 9.17) is 9.15 Å². The number of aryl methyl sites for hydroxylation is 2. The molecule has 0 aliphatic heterocycles. The lowest BCUT2D eigenvalue weighted by molar-refractivity contribution is 0.0992. The molecule has 0 bridgehead atoms. The van der Waals surface area contributed by atoms with Gasteiger partial charge in [-0.05, 0) is 60.2 Å². The second-order valence-corrected chi connectivity index (χ2v) is 8.05. The highest BCUT2D eigenvalue weighted by molar-refractivity contribution is 6.03. The lowest BCUT2D eigenvalue weighted by Crippen LogP contribution is -2.13. The third-order valence-corrected chi connectivity index (χ3v) is 4.71. The summed E-state index contributed by atoms with van der Waals surface area (Å²) in [6.07, 6.45) is 0. The average Bonchev–Trinajstić information content (AvgIpc) is 3.12. The van der Waals surface area contributed by atoms with Crippen LogP contribution in [-0.4, -0.2) is 5.91 Å². The summed E-state index contributed by atoms with van der Waals surface area (Å²) in [5, 5.41) is 2.93. The Kier molecular flexibility index (Phi) is 5.59. The fourth-order valence-corrected chi connectivity index (χ4v) is 2.97. The van der Waals surface area contributed by atoms with Gasteiger partial charge in [-0.3, -0.25) is 4.79 Å². The number of carbonyl (C=O) groups excluding carboxylic acids is 1. The average molecular weight is 377 g/mol. The molecule has 0 atom stereocenters. The van der Waals surface area contributed by atoms with Crippen molar-refractivity contribution in [2.24, 2.45) is 0 Å². The summed E-state index contributed by atoms with van der Waals surface area (Å²) in [5.41, 5.74) is 4.21. The van der Waals surface area contributed by atoms with Crippen LogP contribution < -0.4 is 10.1 Å². The zero-order chi connectivity index (χ0) is 20.3. The van der Waals surface area contributed by atoms with E-state index in [1.54, 1.807) is 12.1 Å². The van der Waals surface area contributed by atoms with Crippen molar-refractivity contribution < 1.29 is 13.9 Å². The number of benzene rings is 2. The monoisotopic (exact) mass is 377 g/mol. The summed E-state index contributed by atoms with van der Waals surface area (Å²) >= 11 is 0. The highest BCUT2D eigenvalue weighted by Crippen LogP contribution is 2.25. The normalized spacial score (nSPS) is 11.3. The number of carbonyl (C=O) groups is 1. The maximum Gasteiger partial charge on any atom is 0.291 e. The Morgan fingerprint density at radius 1 is 0.964 bits per heavy atom. The van der Waals surface area contributed by atoms with E-state index in [0.29, 0.717) is 5.76 Å². The summed E-state index contributed by atoms with van der Waals surface area (Å²) in [7, 11) is 0. The van der Waals surface area contributed by atoms with Crippen molar-refractivity contribution in [3.8, 4) is 5.75 Å². The third-order valence-electron chi connectivity index (χ3n) is 4.71. The van der Waals surface area contributed by atoms with Crippen molar-refractivity contribution >= 4 is 11.6 Å². The van der Waals surface area contributed by atoms with E-state index in [1.807, 2.05) is 44.2 Å². The minimum absolute atomic E-state index is 0.108. The summed E-state index contributed by atoms with van der Waals surface area (Å²) in [4.78, 5) is 12.5. The Hall–Kier alpha value is -3.01. The van der Waals surface area contributed by atoms with Gasteiger partial charge >= 0.3 is 0 Å². The molecule has 1 N–H and O–H groups in total. The number of furan rings is 1. The van der Waals surface area contributed by atoms with E-state index < -0.39 is 0 Å². The molecule has 28 heavy (non-hydrogen) atoms. The summed E-state index contributed by atoms with van der Waals surface area (Å²) in [6.45, 7) is 10.7. The zero-order valence-electron chi connectivity index (χ0n) is 17.1. The fourth-order valence-electron chi connectivity index (χ4n) is 2.97. The van der Waals surface area contributed by atoms with E-state index in [1.165, 1.54) is 5.56 Å². The fraction of sp³-hybridized carbons (Fsp3) is 0.292. The number of rotatable bonds is 5. The molecule has 3 rings (SSSR count). The molecule has 1 aromatic heterocycles. The van der Waals surface area contributed by atoms with E-state index in [-0.39, 0.29) is 23.7 Å². The topological polar surface area (TPSA) is 51.5 Å². The van der Waals surface area contributed by atoms with E-state index in [0.717, 1.165) is 22.6 Å². The lowest BCUT2D eigenvalue weighted by Gasteiger charge is -2.19. The molecule has 1 heterocycles. The van der Waals surface area contributed by atoms with Gasteiger partial charge in [0.15, 0.2) is 5.76 Å². The van der Waals surface area contributed by atoms with Gasteiger partial charge < -0.3 is 14.5 Å². The maximum atomic E-state index is 12.5. The first-order valence-corrected chi connectivity index (χ1v) is 9.43. The van der Waals surface area contributed by atoms with Crippen LogP contribution in [0, 0.1) is 13.8 Å². The largest absolute Gasteiger partial charge is 0.486 e. The molecule has 0 saturated carbocycles. The molecule has 0 radical (unpaired) electrons. The number of amides is 1. The van der Waals surface area contributed by atoms with Crippen molar-refractivity contribution in [2.75, 3.05) is 5.32 Å². The van der Waals surface area contributed by atoms with Crippen LogP contribution >= 0.6 is 0 Å². The SMILES string of the molecule is Cc1cccc(C)c1NC(=O)c1ccc(COc2ccc(C(C)(C)C)cc2)o1. The zero-order valence-corrected chi connectivity index (χ0v) is 17.1. The molecular weight excluding hydrogens is 350 g/mol. The van der Waals surface area contributed by atoms with Crippen LogP contribution in [-0.2, 0) is 12.0 Å². The Morgan fingerprint density at radius 3 is 2.21 bits per heavy atom. The van der Waals surface area contributed by atoms with Crippen LogP contribution in [0.2, 0.25) is 0 Å². The maximum absolute atomic E-state index is 12.5. The summed E-state index contributed by atoms with van der Waals surface area (Å²) < 4.78 is 11.4. The third kappa shape index (κ3) is 4.63. The molecule has 0 aliphatic carbocycles. The highest BCUT2D eigenvalue weighted by atomic mass is 16.5. The predicted octanol–water partition coefficient (Wildman–Crippen LogP) is 6.03. The molecule has 0 saturated heterocycles. The molecule has 0 spiro atoms. The van der Waals surface area contributed by atoms with Gasteiger partial charge in [0.1, 0.15) is 18.1 Å². The molecule has 0 unspecified atom stereocenters. The highest BCUT2D eigenvalue weighted by Gasteiger charge is 2.15. The number of hydrogen-bond donors (Lipinski definition) is 1. The molecule has 4 nitrogen and oxygen atoms in total. The van der Waals surface area contributed by atoms with Crippen molar-refractivity contribution in [1.82, 2.24) is 0 Å². The van der Waals surface area contributed by atoms with E-state index >= 15 is 0 Å². The predicted molar refractivity (Wildman–Crippen MR) is 112 cm³/mol. The van der Waals surface area contributed by atoms with Crippen LogP contribution in [0.4, 0.5) is 5.69 Å². The molecule has 0 fully saturated rings. The molecule has 2 aromatic carbocycles. The van der Waals surface area contributed by atoms with Gasteiger partial charge in [-0.25, -0.2) is 0 Å². The van der Waals surface area contributed by atoms with E-state index in [9.17, 15) is 4.79 Å². The molecule has 4 heteroatoms. The Labute approximate surface area is 166 Å². The molecule has 3 aromatic rings. The van der Waals surface area contributed by atoms with Gasteiger partial charge in [-0.1, -0.05) is 51.1 Å². The van der Waals surface area contributed by atoms with Crippen molar-refractivity contribution in [2.45, 2.75) is 46.6 Å². The van der Waals surface area contributed by atoms with Gasteiger partial charge in [-0.2, -0.15) is 0 Å². The van der Waals surface area contributed by atoms with Gasteiger partial charge in [0, 0.05) is 5.69 Å². The molecular formula is C24H27NO3. The molecule has 146 valence electrons. The van der Waals surface area contributed by atoms with Crippen LogP contribution in [0.25, 0.3) is 0 Å². The summed E-state index contributed by atoms with van der Waals surface area (Å²) in [6, 6.07) is 17.4. The van der Waals surface area contributed by atoms with Gasteiger partial charge in [0.2, 0.25) is 0 Å². The first-order valence-electron chi connectivity index (χ1n) is 9.43. The first kappa shape index (κ1) is 19.7. The summed E-state index contributed by atoms with van der Waals surface area (Å²) in [5.74, 6) is 1.38. The smallest absolute Gasteiger partial charge is 0.291 e. The minimum Gasteiger partial charge on any atom is -0.486 e. The second kappa shape index (κ2) is 7.93. The van der Waals surface area contributed by atoms with Crippen LogP contribution in [0.1, 0.15) is 53.8 Å². The number of para-hydroxylation sites is 1. The van der Waals surface area contributed by atoms with Crippen molar-refractivity contribution in [1.29, 1.82) is 0 Å². The Morgan fingerprint density at radius 2 is 1.61 bits per heavy atom. The van der Waals surface area contributed by atoms with Crippen LogP contribution in [0.15, 0.2) is 59.0 Å². The number of nitrogens with one attached hydrogen (secondary N) is 1. The lowest BCUT2D eigenvalue weighted by atomic mass is 9.87. The quantitative estimate of drug-likeness (QED) is 0.591.